The first-order valence-electron chi connectivity index (χ1n) is 5.65. The Hall–Kier alpha value is -2.70. The molecule has 2 heterocycles. The lowest BCUT2D eigenvalue weighted by molar-refractivity contribution is -0.384. The quantitative estimate of drug-likeness (QED) is 0.643. The number of nitrogens with two attached hydrogens (primary N) is 1. The first kappa shape index (κ1) is 12.7. The van der Waals surface area contributed by atoms with E-state index in [1.54, 1.807) is 12.4 Å². The molecule has 98 valence electrons. The number of hydrogen-bond acceptors (Lipinski definition) is 6. The summed E-state index contributed by atoms with van der Waals surface area (Å²) in [5.74, 6) is 0.393. The van der Waals surface area contributed by atoms with Crippen LogP contribution in [0.3, 0.4) is 0 Å². The van der Waals surface area contributed by atoms with Gasteiger partial charge in [0.15, 0.2) is 0 Å². The molecule has 0 aliphatic rings. The van der Waals surface area contributed by atoms with Crippen molar-refractivity contribution in [2.75, 3.05) is 11.1 Å². The van der Waals surface area contributed by atoms with Crippen LogP contribution in [0.5, 0.6) is 0 Å². The largest absolute Gasteiger partial charge is 0.378 e. The molecule has 0 saturated heterocycles. The van der Waals surface area contributed by atoms with E-state index >= 15 is 0 Å². The van der Waals surface area contributed by atoms with Crippen LogP contribution in [0.25, 0.3) is 0 Å². The Morgan fingerprint density at radius 3 is 2.58 bits per heavy atom. The Bertz CT molecular complexity index is 588. The van der Waals surface area contributed by atoms with Gasteiger partial charge in [0, 0.05) is 18.5 Å². The predicted octanol–water partition coefficient (Wildman–Crippen LogP) is 2.14. The molecule has 2 rings (SSSR count). The maximum Gasteiger partial charge on any atom is 0.311 e. The van der Waals surface area contributed by atoms with Gasteiger partial charge in [-0.05, 0) is 30.7 Å². The molecule has 0 saturated carbocycles. The Kier molecular flexibility index (Phi) is 3.56. The molecule has 0 aromatic carbocycles. The average molecular weight is 259 g/mol. The fourth-order valence-electron chi connectivity index (χ4n) is 1.66. The number of hydrogen-bond donors (Lipinski definition) is 2. The predicted molar refractivity (Wildman–Crippen MR) is 71.6 cm³/mol. The fraction of sp³-hybridized carbons (Fsp3) is 0.167. The van der Waals surface area contributed by atoms with E-state index in [0.29, 0.717) is 5.82 Å². The van der Waals surface area contributed by atoms with Crippen molar-refractivity contribution < 1.29 is 4.92 Å². The third-order valence-corrected chi connectivity index (χ3v) is 2.67. The van der Waals surface area contributed by atoms with Crippen molar-refractivity contribution in [1.29, 1.82) is 0 Å². The lowest BCUT2D eigenvalue weighted by atomic mass is 10.1. The van der Waals surface area contributed by atoms with E-state index in [9.17, 15) is 10.1 Å². The van der Waals surface area contributed by atoms with E-state index < -0.39 is 4.92 Å². The van der Waals surface area contributed by atoms with E-state index in [-0.39, 0.29) is 17.5 Å². The zero-order chi connectivity index (χ0) is 13.8. The molecule has 7 nitrogen and oxygen atoms in total. The van der Waals surface area contributed by atoms with Crippen LogP contribution in [0.15, 0.2) is 36.7 Å². The lowest BCUT2D eigenvalue weighted by Crippen LogP contribution is -2.09. The summed E-state index contributed by atoms with van der Waals surface area (Å²) in [5, 5.41) is 13.8. The van der Waals surface area contributed by atoms with Crippen molar-refractivity contribution in [2.24, 2.45) is 0 Å². The van der Waals surface area contributed by atoms with E-state index in [0.717, 1.165) is 5.56 Å². The minimum atomic E-state index is -0.557. The highest BCUT2D eigenvalue weighted by Gasteiger charge is 2.14. The molecule has 0 aliphatic carbocycles. The van der Waals surface area contributed by atoms with Crippen molar-refractivity contribution in [3.8, 4) is 0 Å². The Morgan fingerprint density at radius 1 is 1.32 bits per heavy atom. The highest BCUT2D eigenvalue weighted by Crippen LogP contribution is 2.23. The summed E-state index contributed by atoms with van der Waals surface area (Å²) in [6, 6.07) is 6.63. The van der Waals surface area contributed by atoms with Gasteiger partial charge in [-0.25, -0.2) is 4.98 Å². The summed E-state index contributed by atoms with van der Waals surface area (Å²) in [7, 11) is 0. The molecule has 2 aromatic heterocycles. The normalized spacial score (nSPS) is 11.8. The highest BCUT2D eigenvalue weighted by molar-refractivity contribution is 5.57. The molecule has 0 amide bonds. The Balaban J connectivity index is 2.16. The molecule has 0 spiro atoms. The van der Waals surface area contributed by atoms with Crippen LogP contribution in [-0.2, 0) is 0 Å². The highest BCUT2D eigenvalue weighted by atomic mass is 16.6. The van der Waals surface area contributed by atoms with Gasteiger partial charge in [-0.15, -0.1) is 0 Å². The minimum absolute atomic E-state index is 0.00337. The van der Waals surface area contributed by atoms with Crippen molar-refractivity contribution in [3.05, 3.63) is 52.3 Å². The van der Waals surface area contributed by atoms with Gasteiger partial charge in [0.25, 0.3) is 0 Å². The molecule has 19 heavy (non-hydrogen) atoms. The lowest BCUT2D eigenvalue weighted by Gasteiger charge is -2.14. The molecule has 0 fully saturated rings. The second-order valence-corrected chi connectivity index (χ2v) is 4.00. The molecule has 0 aliphatic heterocycles. The first-order chi connectivity index (χ1) is 9.08. The van der Waals surface area contributed by atoms with Gasteiger partial charge in [-0.2, -0.15) is 0 Å². The third kappa shape index (κ3) is 2.95. The number of pyridine rings is 2. The fourth-order valence-corrected chi connectivity index (χ4v) is 1.66. The topological polar surface area (TPSA) is 107 Å². The minimum Gasteiger partial charge on any atom is -0.378 e. The van der Waals surface area contributed by atoms with Gasteiger partial charge in [0.2, 0.25) is 5.82 Å². The number of anilines is 2. The number of nitrogens with one attached hydrogen (secondary N) is 1. The summed E-state index contributed by atoms with van der Waals surface area (Å²) in [6.07, 6.45) is 3.40. The number of aromatic nitrogens is 2. The van der Waals surface area contributed by atoms with Crippen LogP contribution in [0.4, 0.5) is 17.3 Å². The maximum atomic E-state index is 10.6. The van der Waals surface area contributed by atoms with Gasteiger partial charge in [0.1, 0.15) is 5.82 Å². The summed E-state index contributed by atoms with van der Waals surface area (Å²) < 4.78 is 0. The maximum absolute atomic E-state index is 10.6. The molecule has 2 aromatic rings. The van der Waals surface area contributed by atoms with Crippen LogP contribution in [0, 0.1) is 10.1 Å². The number of nitrogens with zero attached hydrogens (tertiary/aromatic N) is 3. The SMILES string of the molecule is CC(Nc1ccc([N+](=O)[O-])c(N)n1)c1ccncc1. The molecule has 0 radical (unpaired) electrons. The summed E-state index contributed by atoms with van der Waals surface area (Å²) in [5.41, 5.74) is 6.38. The molecule has 1 atom stereocenters. The van der Waals surface area contributed by atoms with Crippen LogP contribution in [-0.4, -0.2) is 14.9 Å². The summed E-state index contributed by atoms with van der Waals surface area (Å²) >= 11 is 0. The zero-order valence-electron chi connectivity index (χ0n) is 10.3. The Morgan fingerprint density at radius 2 is 2.00 bits per heavy atom. The number of nitrogen functional groups attached to an aromatic ring is 1. The van der Waals surface area contributed by atoms with Gasteiger partial charge in [0.05, 0.1) is 11.0 Å². The number of nitro groups is 1. The zero-order valence-corrected chi connectivity index (χ0v) is 10.3. The molecule has 7 heteroatoms. The van der Waals surface area contributed by atoms with Gasteiger partial charge >= 0.3 is 5.69 Å². The van der Waals surface area contributed by atoms with E-state index in [2.05, 4.69) is 15.3 Å². The molecule has 3 N–H and O–H groups in total. The van der Waals surface area contributed by atoms with Crippen molar-refractivity contribution in [1.82, 2.24) is 9.97 Å². The smallest absolute Gasteiger partial charge is 0.311 e. The Labute approximate surface area is 109 Å². The molecular weight excluding hydrogens is 246 g/mol. The van der Waals surface area contributed by atoms with Gasteiger partial charge < -0.3 is 11.1 Å². The summed E-state index contributed by atoms with van der Waals surface area (Å²) in [4.78, 5) is 18.0. The standard InChI is InChI=1S/C12H13N5O2/c1-8(9-4-6-14-7-5-9)15-11-3-2-10(17(18)19)12(13)16-11/h2-8H,1H3,(H3,13,15,16). The first-order valence-corrected chi connectivity index (χ1v) is 5.65. The van der Waals surface area contributed by atoms with E-state index in [1.165, 1.54) is 12.1 Å². The van der Waals surface area contributed by atoms with E-state index in [4.69, 9.17) is 5.73 Å². The molecular formula is C12H13N5O2. The van der Waals surface area contributed by atoms with Crippen LogP contribution < -0.4 is 11.1 Å². The van der Waals surface area contributed by atoms with Crippen molar-refractivity contribution in [3.63, 3.8) is 0 Å². The monoisotopic (exact) mass is 259 g/mol. The van der Waals surface area contributed by atoms with Crippen molar-refractivity contribution in [2.45, 2.75) is 13.0 Å². The van der Waals surface area contributed by atoms with Crippen LogP contribution >= 0.6 is 0 Å². The van der Waals surface area contributed by atoms with E-state index in [1.807, 2.05) is 19.1 Å². The summed E-state index contributed by atoms with van der Waals surface area (Å²) in [6.45, 7) is 1.95. The average Bonchev–Trinajstić information content (AvgIpc) is 2.39. The van der Waals surface area contributed by atoms with Crippen LogP contribution in [0.2, 0.25) is 0 Å². The second-order valence-electron chi connectivity index (χ2n) is 4.00. The van der Waals surface area contributed by atoms with Gasteiger partial charge in [-0.1, -0.05) is 0 Å². The van der Waals surface area contributed by atoms with Gasteiger partial charge in [-0.3, -0.25) is 15.1 Å². The van der Waals surface area contributed by atoms with Crippen molar-refractivity contribution >= 4 is 17.3 Å². The third-order valence-electron chi connectivity index (χ3n) is 2.67. The molecule has 0 bridgehead atoms. The van der Waals surface area contributed by atoms with Crippen LogP contribution in [0.1, 0.15) is 18.5 Å². The number of rotatable bonds is 4. The second kappa shape index (κ2) is 5.30. The molecule has 1 unspecified atom stereocenters.